The fourth-order valence-electron chi connectivity index (χ4n) is 1.90. The van der Waals surface area contributed by atoms with Crippen molar-refractivity contribution in [2.75, 3.05) is 19.0 Å². The third-order valence-electron chi connectivity index (χ3n) is 2.83. The van der Waals surface area contributed by atoms with Crippen LogP contribution in [0, 0.1) is 12.3 Å². The second-order valence-corrected chi connectivity index (χ2v) is 6.53. The molecule has 0 aliphatic carbocycles. The Kier molecular flexibility index (Phi) is 5.74. The summed E-state index contributed by atoms with van der Waals surface area (Å²) in [6, 6.07) is 0. The summed E-state index contributed by atoms with van der Waals surface area (Å²) in [7, 11) is 1.70. The van der Waals surface area contributed by atoms with Crippen LogP contribution < -0.4 is 5.32 Å². The van der Waals surface area contributed by atoms with Gasteiger partial charge < -0.3 is 10.1 Å². The quantitative estimate of drug-likeness (QED) is 0.883. The molecule has 1 aromatic rings. The van der Waals surface area contributed by atoms with Gasteiger partial charge in [0.1, 0.15) is 11.9 Å². The average Bonchev–Trinajstić information content (AvgIpc) is 2.30. The van der Waals surface area contributed by atoms with Crippen LogP contribution in [0.4, 0.5) is 5.82 Å². The molecule has 0 fully saturated rings. The van der Waals surface area contributed by atoms with Gasteiger partial charge in [0.05, 0.1) is 10.2 Å². The Morgan fingerprint density at radius 1 is 1.32 bits per heavy atom. The van der Waals surface area contributed by atoms with Crippen molar-refractivity contribution in [3.05, 3.63) is 16.0 Å². The molecule has 0 aromatic carbocycles. The first-order valence-corrected chi connectivity index (χ1v) is 7.41. The molecule has 1 heterocycles. The van der Waals surface area contributed by atoms with E-state index in [0.29, 0.717) is 0 Å². The van der Waals surface area contributed by atoms with Crippen LogP contribution in [0.15, 0.2) is 4.47 Å². The Balaban J connectivity index is 3.18. The molecule has 1 unspecified atom stereocenters. The Hall–Kier alpha value is -0.680. The lowest BCUT2D eigenvalue weighted by Gasteiger charge is -2.28. The van der Waals surface area contributed by atoms with Crippen molar-refractivity contribution in [3.8, 4) is 0 Å². The van der Waals surface area contributed by atoms with Crippen molar-refractivity contribution in [1.82, 2.24) is 9.97 Å². The average molecular weight is 330 g/mol. The van der Waals surface area contributed by atoms with E-state index < -0.39 is 0 Å². The van der Waals surface area contributed by atoms with Crippen molar-refractivity contribution in [2.24, 2.45) is 5.41 Å². The van der Waals surface area contributed by atoms with Crippen LogP contribution >= 0.6 is 15.9 Å². The van der Waals surface area contributed by atoms with E-state index in [1.165, 1.54) is 0 Å². The minimum Gasteiger partial charge on any atom is -0.373 e. The van der Waals surface area contributed by atoms with Gasteiger partial charge in [-0.2, -0.15) is 0 Å². The predicted octanol–water partition coefficient (Wildman–Crippen LogP) is 4.10. The number of ether oxygens (including phenoxy) is 1. The summed E-state index contributed by atoms with van der Waals surface area (Å²) >= 11 is 3.54. The summed E-state index contributed by atoms with van der Waals surface area (Å²) in [5, 5.41) is 3.32. The summed E-state index contributed by atoms with van der Waals surface area (Å²) in [6.45, 7) is 11.4. The molecular weight excluding hydrogens is 306 g/mol. The molecule has 5 heteroatoms. The van der Waals surface area contributed by atoms with Crippen LogP contribution in [0.3, 0.4) is 0 Å². The van der Waals surface area contributed by atoms with E-state index in [4.69, 9.17) is 4.74 Å². The maximum atomic E-state index is 5.59. The molecule has 1 aromatic heterocycles. The molecule has 0 aliphatic heterocycles. The van der Waals surface area contributed by atoms with Crippen LogP contribution in [0.2, 0.25) is 0 Å². The highest BCUT2D eigenvalue weighted by Gasteiger charge is 2.29. The van der Waals surface area contributed by atoms with E-state index in [9.17, 15) is 0 Å². The zero-order valence-electron chi connectivity index (χ0n) is 12.7. The smallest absolute Gasteiger partial charge is 0.160 e. The summed E-state index contributed by atoms with van der Waals surface area (Å²) < 4.78 is 6.51. The van der Waals surface area contributed by atoms with Crippen molar-refractivity contribution in [2.45, 2.75) is 47.1 Å². The fourth-order valence-corrected chi connectivity index (χ4v) is 2.22. The summed E-state index contributed by atoms with van der Waals surface area (Å²) in [6.07, 6.45) is 0.930. The van der Waals surface area contributed by atoms with Gasteiger partial charge in [-0.1, -0.05) is 27.7 Å². The molecule has 0 amide bonds. The molecule has 1 atom stereocenters. The van der Waals surface area contributed by atoms with E-state index in [1.54, 1.807) is 7.11 Å². The van der Waals surface area contributed by atoms with Gasteiger partial charge in [0.2, 0.25) is 0 Å². The number of methoxy groups -OCH3 is 1. The Bertz CT molecular complexity index is 429. The van der Waals surface area contributed by atoms with Gasteiger partial charge in [0.15, 0.2) is 5.82 Å². The molecule has 0 aliphatic rings. The Labute approximate surface area is 124 Å². The highest BCUT2D eigenvalue weighted by Crippen LogP contribution is 2.35. The Morgan fingerprint density at radius 3 is 2.42 bits per heavy atom. The van der Waals surface area contributed by atoms with E-state index in [2.05, 4.69) is 58.9 Å². The van der Waals surface area contributed by atoms with Crippen molar-refractivity contribution in [1.29, 1.82) is 0 Å². The van der Waals surface area contributed by atoms with E-state index in [1.807, 2.05) is 6.92 Å². The van der Waals surface area contributed by atoms with Crippen molar-refractivity contribution in [3.63, 3.8) is 0 Å². The molecule has 19 heavy (non-hydrogen) atoms. The summed E-state index contributed by atoms with van der Waals surface area (Å²) in [5.74, 6) is 1.57. The van der Waals surface area contributed by atoms with Crippen LogP contribution in [0.25, 0.3) is 0 Å². The molecule has 0 bridgehead atoms. The number of rotatable bonds is 5. The number of aryl methyl sites for hydroxylation is 1. The van der Waals surface area contributed by atoms with E-state index in [-0.39, 0.29) is 11.5 Å². The van der Waals surface area contributed by atoms with Crippen LogP contribution in [0.5, 0.6) is 0 Å². The molecule has 108 valence electrons. The normalized spacial score (nSPS) is 13.4. The minimum absolute atomic E-state index is 0.0446. The molecule has 1 N–H and O–H groups in total. The van der Waals surface area contributed by atoms with E-state index >= 15 is 0 Å². The summed E-state index contributed by atoms with van der Waals surface area (Å²) in [5.41, 5.74) is 0.881. The number of nitrogens with one attached hydrogen (secondary N) is 1. The standard InChI is InChI=1S/C14H24BrN3O/c1-7-8-16-12-10(15)9(2)17-13(18-12)11(19-6)14(3,4)5/h11H,7-8H2,1-6H3,(H,16,17,18). The lowest BCUT2D eigenvalue weighted by molar-refractivity contribution is 0.00862. The fraction of sp³-hybridized carbons (Fsp3) is 0.714. The third kappa shape index (κ3) is 4.14. The van der Waals surface area contributed by atoms with E-state index in [0.717, 1.165) is 34.8 Å². The van der Waals surface area contributed by atoms with Gasteiger partial charge in [0, 0.05) is 13.7 Å². The lowest BCUT2D eigenvalue weighted by Crippen LogP contribution is -2.23. The molecule has 0 saturated heterocycles. The Morgan fingerprint density at radius 2 is 1.95 bits per heavy atom. The molecular formula is C14H24BrN3O. The SMILES string of the molecule is CCCNc1nc(C(OC)C(C)(C)C)nc(C)c1Br. The second kappa shape index (κ2) is 6.66. The zero-order chi connectivity index (χ0) is 14.6. The molecule has 4 nitrogen and oxygen atoms in total. The van der Waals surface area contributed by atoms with Crippen molar-refractivity contribution >= 4 is 21.7 Å². The second-order valence-electron chi connectivity index (χ2n) is 5.74. The minimum atomic E-state index is -0.124. The topological polar surface area (TPSA) is 47.0 Å². The van der Waals surface area contributed by atoms with Gasteiger partial charge in [0.25, 0.3) is 0 Å². The van der Waals surface area contributed by atoms with Gasteiger partial charge in [-0.3, -0.25) is 0 Å². The number of hydrogen-bond acceptors (Lipinski definition) is 4. The van der Waals surface area contributed by atoms with Crippen LogP contribution in [0.1, 0.15) is 51.7 Å². The maximum absolute atomic E-state index is 5.59. The van der Waals surface area contributed by atoms with Gasteiger partial charge in [-0.15, -0.1) is 0 Å². The number of hydrogen-bond donors (Lipinski definition) is 1. The number of nitrogens with zero attached hydrogens (tertiary/aromatic N) is 2. The predicted molar refractivity (Wildman–Crippen MR) is 82.5 cm³/mol. The molecule has 0 saturated carbocycles. The van der Waals surface area contributed by atoms with Gasteiger partial charge in [-0.05, 0) is 34.7 Å². The first kappa shape index (κ1) is 16.4. The first-order chi connectivity index (χ1) is 8.81. The highest BCUT2D eigenvalue weighted by atomic mass is 79.9. The van der Waals surface area contributed by atoms with Crippen LogP contribution in [-0.4, -0.2) is 23.6 Å². The number of halogens is 1. The maximum Gasteiger partial charge on any atom is 0.160 e. The zero-order valence-corrected chi connectivity index (χ0v) is 14.3. The first-order valence-electron chi connectivity index (χ1n) is 6.62. The molecule has 0 radical (unpaired) electrons. The molecule has 0 spiro atoms. The molecule has 1 rings (SSSR count). The largest absolute Gasteiger partial charge is 0.373 e. The number of anilines is 1. The monoisotopic (exact) mass is 329 g/mol. The van der Waals surface area contributed by atoms with Crippen molar-refractivity contribution < 1.29 is 4.74 Å². The van der Waals surface area contributed by atoms with Gasteiger partial charge in [-0.25, -0.2) is 9.97 Å². The number of aromatic nitrogens is 2. The van der Waals surface area contributed by atoms with Crippen LogP contribution in [-0.2, 0) is 4.74 Å². The third-order valence-corrected chi connectivity index (χ3v) is 3.78. The highest BCUT2D eigenvalue weighted by molar-refractivity contribution is 9.10. The lowest BCUT2D eigenvalue weighted by atomic mass is 9.88. The van der Waals surface area contributed by atoms with Gasteiger partial charge >= 0.3 is 0 Å². The summed E-state index contributed by atoms with van der Waals surface area (Å²) in [4.78, 5) is 9.17.